The van der Waals surface area contributed by atoms with E-state index >= 15 is 0 Å². The van der Waals surface area contributed by atoms with E-state index in [-0.39, 0.29) is 42.8 Å². The number of morpholine rings is 1. The van der Waals surface area contributed by atoms with Gasteiger partial charge in [0.25, 0.3) is 5.91 Å². The summed E-state index contributed by atoms with van der Waals surface area (Å²) in [6.45, 7) is 3.03. The van der Waals surface area contributed by atoms with E-state index < -0.39 is 0 Å². The number of nitrogens with one attached hydrogen (secondary N) is 2. The highest BCUT2D eigenvalue weighted by Gasteiger charge is 2.22. The van der Waals surface area contributed by atoms with Crippen molar-refractivity contribution in [3.05, 3.63) is 24.3 Å². The predicted molar refractivity (Wildman–Crippen MR) is 101 cm³/mol. The van der Waals surface area contributed by atoms with Crippen molar-refractivity contribution < 1.29 is 19.1 Å². The molecular weight excluding hydrogens is 350 g/mol. The maximum atomic E-state index is 12.3. The summed E-state index contributed by atoms with van der Waals surface area (Å²) < 4.78 is 5.34. The van der Waals surface area contributed by atoms with Crippen LogP contribution in [0.1, 0.15) is 12.8 Å². The molecule has 1 fully saturated rings. The number of anilines is 2. The second-order valence-electron chi connectivity index (χ2n) is 6.45. The van der Waals surface area contributed by atoms with Crippen molar-refractivity contribution in [1.82, 2.24) is 10.3 Å². The number of hydrogen-bond acceptors (Lipinski definition) is 6. The molecule has 1 aromatic rings. The van der Waals surface area contributed by atoms with Gasteiger partial charge in [-0.2, -0.15) is 5.10 Å². The molecule has 2 aliphatic rings. The van der Waals surface area contributed by atoms with E-state index in [1.807, 2.05) is 24.3 Å². The van der Waals surface area contributed by atoms with E-state index in [1.54, 1.807) is 0 Å². The van der Waals surface area contributed by atoms with Crippen LogP contribution < -0.4 is 15.6 Å². The molecule has 0 aliphatic carbocycles. The van der Waals surface area contributed by atoms with Gasteiger partial charge in [-0.1, -0.05) is 0 Å². The Balaban J connectivity index is 1.51. The monoisotopic (exact) mass is 373 g/mol. The number of hydrazone groups is 1. The van der Waals surface area contributed by atoms with Crippen molar-refractivity contribution in [2.24, 2.45) is 5.10 Å². The summed E-state index contributed by atoms with van der Waals surface area (Å²) in [7, 11) is 1.53. The van der Waals surface area contributed by atoms with Gasteiger partial charge in [-0.05, 0) is 24.3 Å². The first kappa shape index (κ1) is 18.8. The Hall–Kier alpha value is -2.94. The molecule has 0 saturated carbocycles. The number of carbonyl (C=O) groups excluding carboxylic acids is 3. The van der Waals surface area contributed by atoms with Gasteiger partial charge in [-0.25, -0.2) is 5.43 Å². The second kappa shape index (κ2) is 8.63. The first-order valence-corrected chi connectivity index (χ1v) is 8.86. The van der Waals surface area contributed by atoms with E-state index in [0.29, 0.717) is 18.9 Å². The zero-order valence-electron chi connectivity index (χ0n) is 15.2. The molecule has 0 atom stereocenters. The fraction of sp³-hybridized carbons (Fsp3) is 0.444. The third kappa shape index (κ3) is 5.04. The summed E-state index contributed by atoms with van der Waals surface area (Å²) in [6, 6.07) is 7.58. The van der Waals surface area contributed by atoms with Crippen LogP contribution in [0.15, 0.2) is 29.4 Å². The molecular formula is C18H23N5O4. The summed E-state index contributed by atoms with van der Waals surface area (Å²) in [4.78, 5) is 39.1. The van der Waals surface area contributed by atoms with Crippen LogP contribution in [0.2, 0.25) is 0 Å². The van der Waals surface area contributed by atoms with E-state index in [4.69, 9.17) is 4.74 Å². The molecule has 9 nitrogen and oxygen atoms in total. The largest absolute Gasteiger partial charge is 0.378 e. The first-order valence-electron chi connectivity index (χ1n) is 8.86. The van der Waals surface area contributed by atoms with Crippen LogP contribution in [0.25, 0.3) is 0 Å². The van der Waals surface area contributed by atoms with Crippen LogP contribution in [-0.2, 0) is 19.1 Å². The lowest BCUT2D eigenvalue weighted by Gasteiger charge is -2.28. The molecule has 0 spiro atoms. The lowest BCUT2D eigenvalue weighted by atomic mass is 10.1. The van der Waals surface area contributed by atoms with Crippen molar-refractivity contribution in [1.29, 1.82) is 0 Å². The van der Waals surface area contributed by atoms with Crippen LogP contribution in [0.5, 0.6) is 0 Å². The summed E-state index contributed by atoms with van der Waals surface area (Å²) in [5.74, 6) is -0.884. The smallest absolute Gasteiger partial charge is 0.270 e. The van der Waals surface area contributed by atoms with Crippen molar-refractivity contribution >= 4 is 34.8 Å². The fourth-order valence-electron chi connectivity index (χ4n) is 2.91. The molecule has 3 rings (SSSR count). The third-order valence-electron chi connectivity index (χ3n) is 4.41. The molecule has 27 heavy (non-hydrogen) atoms. The van der Waals surface area contributed by atoms with Gasteiger partial charge in [-0.3, -0.25) is 14.4 Å². The zero-order chi connectivity index (χ0) is 19.2. The van der Waals surface area contributed by atoms with Crippen molar-refractivity contribution in [2.45, 2.75) is 12.8 Å². The number of benzene rings is 1. The van der Waals surface area contributed by atoms with Crippen LogP contribution in [0.4, 0.5) is 11.4 Å². The number of ether oxygens (including phenoxy) is 1. The molecule has 0 bridgehead atoms. The molecule has 0 radical (unpaired) electrons. The number of hydrogen-bond donors (Lipinski definition) is 2. The SMILES string of the molecule is CN(CC(=O)Nc1ccc(N2CCOCC2)cc1)C(=O)C1=NNC(=O)CC1. The van der Waals surface area contributed by atoms with E-state index in [0.717, 1.165) is 18.8 Å². The van der Waals surface area contributed by atoms with Crippen LogP contribution >= 0.6 is 0 Å². The summed E-state index contributed by atoms with van der Waals surface area (Å²) in [6.07, 6.45) is 0.500. The Kier molecular flexibility index (Phi) is 6.02. The van der Waals surface area contributed by atoms with Crippen molar-refractivity contribution in [2.75, 3.05) is 50.1 Å². The van der Waals surface area contributed by atoms with Gasteiger partial charge in [0.2, 0.25) is 11.8 Å². The van der Waals surface area contributed by atoms with Gasteiger partial charge in [0.15, 0.2) is 0 Å². The lowest BCUT2D eigenvalue weighted by molar-refractivity contribution is -0.128. The van der Waals surface area contributed by atoms with E-state index in [9.17, 15) is 14.4 Å². The number of nitrogens with zero attached hydrogens (tertiary/aromatic N) is 3. The van der Waals surface area contributed by atoms with Crippen molar-refractivity contribution in [3.8, 4) is 0 Å². The summed E-state index contributed by atoms with van der Waals surface area (Å²) in [5.41, 5.74) is 4.28. The average molecular weight is 373 g/mol. The molecule has 3 amide bonds. The van der Waals surface area contributed by atoms with Gasteiger partial charge < -0.3 is 19.9 Å². The number of rotatable bonds is 5. The minimum Gasteiger partial charge on any atom is -0.378 e. The minimum absolute atomic E-state index is 0.100. The topological polar surface area (TPSA) is 103 Å². The predicted octanol–water partition coefficient (Wildman–Crippen LogP) is 0.186. The standard InChI is InChI=1S/C18H23N5O4/c1-22(18(26)15-6-7-16(24)21-20-15)12-17(25)19-13-2-4-14(5-3-13)23-8-10-27-11-9-23/h2-5H,6-12H2,1H3,(H,19,25)(H,21,24). The molecule has 2 aliphatic heterocycles. The lowest BCUT2D eigenvalue weighted by Crippen LogP contribution is -2.41. The maximum absolute atomic E-state index is 12.3. The summed E-state index contributed by atoms with van der Waals surface area (Å²) >= 11 is 0. The number of likely N-dealkylation sites (N-methyl/N-ethyl adjacent to an activating group) is 1. The quantitative estimate of drug-likeness (QED) is 0.767. The highest BCUT2D eigenvalue weighted by Crippen LogP contribution is 2.19. The van der Waals surface area contributed by atoms with E-state index in [1.165, 1.54) is 11.9 Å². The van der Waals surface area contributed by atoms with Crippen LogP contribution in [0, 0.1) is 0 Å². The Bertz CT molecular complexity index is 741. The molecule has 9 heteroatoms. The third-order valence-corrected chi connectivity index (χ3v) is 4.41. The molecule has 2 heterocycles. The molecule has 0 aromatic heterocycles. The Morgan fingerprint density at radius 1 is 1.22 bits per heavy atom. The van der Waals surface area contributed by atoms with Crippen molar-refractivity contribution in [3.63, 3.8) is 0 Å². The molecule has 1 aromatic carbocycles. The molecule has 2 N–H and O–H groups in total. The first-order chi connectivity index (χ1) is 13.0. The average Bonchev–Trinajstić information content (AvgIpc) is 2.69. The van der Waals surface area contributed by atoms with Gasteiger partial charge in [0.1, 0.15) is 5.71 Å². The normalized spacial score (nSPS) is 17.0. The second-order valence-corrected chi connectivity index (χ2v) is 6.45. The van der Waals surface area contributed by atoms with Gasteiger partial charge in [0, 0.05) is 44.4 Å². The van der Waals surface area contributed by atoms with Gasteiger partial charge in [-0.15, -0.1) is 0 Å². The van der Waals surface area contributed by atoms with Crippen LogP contribution in [-0.4, -0.2) is 68.2 Å². The Labute approximate surface area is 157 Å². The van der Waals surface area contributed by atoms with Crippen LogP contribution in [0.3, 0.4) is 0 Å². The molecule has 0 unspecified atom stereocenters. The Morgan fingerprint density at radius 2 is 1.93 bits per heavy atom. The maximum Gasteiger partial charge on any atom is 0.270 e. The number of carbonyl (C=O) groups is 3. The highest BCUT2D eigenvalue weighted by molar-refractivity contribution is 6.39. The molecule has 1 saturated heterocycles. The Morgan fingerprint density at radius 3 is 2.56 bits per heavy atom. The molecule has 144 valence electrons. The zero-order valence-corrected chi connectivity index (χ0v) is 15.2. The fourth-order valence-corrected chi connectivity index (χ4v) is 2.91. The minimum atomic E-state index is -0.368. The highest BCUT2D eigenvalue weighted by atomic mass is 16.5. The summed E-state index contributed by atoms with van der Waals surface area (Å²) in [5, 5.41) is 6.54. The number of amides is 3. The van der Waals surface area contributed by atoms with E-state index in [2.05, 4.69) is 20.7 Å². The van der Waals surface area contributed by atoms with Gasteiger partial charge in [0.05, 0.1) is 19.8 Å². The van der Waals surface area contributed by atoms with Gasteiger partial charge >= 0.3 is 0 Å².